The molecule has 1 heteroatoms. The second-order valence-electron chi connectivity index (χ2n) is 11.9. The number of aliphatic hydroxyl groups is 1. The van der Waals surface area contributed by atoms with Crippen LogP contribution in [0.2, 0.25) is 0 Å². The van der Waals surface area contributed by atoms with Crippen molar-refractivity contribution in [3.63, 3.8) is 0 Å². The van der Waals surface area contributed by atoms with Gasteiger partial charge in [-0.2, -0.15) is 0 Å². The van der Waals surface area contributed by atoms with Gasteiger partial charge in [0, 0.05) is 0 Å². The number of aliphatic hydroxyl groups excluding tert-OH is 1. The molecular weight excluding hydrogens is 304 g/mol. The minimum atomic E-state index is -0.100. The van der Waals surface area contributed by atoms with Crippen LogP contribution >= 0.6 is 0 Å². The summed E-state index contributed by atoms with van der Waals surface area (Å²) in [5.74, 6) is 3.43. The van der Waals surface area contributed by atoms with Crippen molar-refractivity contribution in [2.75, 3.05) is 0 Å². The van der Waals surface area contributed by atoms with Crippen molar-refractivity contribution >= 4 is 0 Å². The second-order valence-corrected chi connectivity index (χ2v) is 11.9. The maximum absolute atomic E-state index is 10.7. The molecule has 0 aromatic heterocycles. The largest absolute Gasteiger partial charge is 0.393 e. The monoisotopic (exact) mass is 346 g/mol. The van der Waals surface area contributed by atoms with E-state index in [-0.39, 0.29) is 11.5 Å². The summed E-state index contributed by atoms with van der Waals surface area (Å²) >= 11 is 0. The highest BCUT2D eigenvalue weighted by Gasteiger charge is 2.67. The summed E-state index contributed by atoms with van der Waals surface area (Å²) in [6, 6.07) is 0. The molecular formula is C24H42O. The van der Waals surface area contributed by atoms with Gasteiger partial charge in [0.15, 0.2) is 0 Å². The molecule has 1 nitrogen and oxygen atoms in total. The van der Waals surface area contributed by atoms with Gasteiger partial charge in [-0.1, -0.05) is 54.4 Å². The molecule has 0 spiro atoms. The Morgan fingerprint density at radius 3 is 2.16 bits per heavy atom. The Bertz CT molecular complexity index is 538. The van der Waals surface area contributed by atoms with Crippen LogP contribution in [-0.4, -0.2) is 11.2 Å². The summed E-state index contributed by atoms with van der Waals surface area (Å²) in [4.78, 5) is 0. The first kappa shape index (κ1) is 18.3. The van der Waals surface area contributed by atoms with Gasteiger partial charge in [-0.3, -0.25) is 0 Å². The van der Waals surface area contributed by atoms with Crippen LogP contribution in [-0.2, 0) is 0 Å². The number of rotatable bonds is 0. The van der Waals surface area contributed by atoms with Gasteiger partial charge in [-0.05, 0) is 90.3 Å². The van der Waals surface area contributed by atoms with Gasteiger partial charge in [-0.15, -0.1) is 0 Å². The zero-order valence-corrected chi connectivity index (χ0v) is 17.7. The van der Waals surface area contributed by atoms with Gasteiger partial charge >= 0.3 is 0 Å². The summed E-state index contributed by atoms with van der Waals surface area (Å²) in [7, 11) is 0. The number of fused-ring (bicyclic) bond motifs is 5. The molecule has 25 heavy (non-hydrogen) atoms. The molecule has 4 rings (SSSR count). The van der Waals surface area contributed by atoms with Crippen LogP contribution in [0.1, 0.15) is 99.3 Å². The van der Waals surface area contributed by atoms with Crippen LogP contribution in [0.4, 0.5) is 0 Å². The third kappa shape index (κ3) is 2.17. The molecule has 0 amide bonds. The van der Waals surface area contributed by atoms with Crippen molar-refractivity contribution in [1.29, 1.82) is 0 Å². The maximum atomic E-state index is 10.7. The van der Waals surface area contributed by atoms with Gasteiger partial charge in [-0.25, -0.2) is 0 Å². The zero-order chi connectivity index (χ0) is 18.3. The predicted molar refractivity (Wildman–Crippen MR) is 105 cm³/mol. The summed E-state index contributed by atoms with van der Waals surface area (Å²) in [5, 5.41) is 10.7. The lowest BCUT2D eigenvalue weighted by Crippen LogP contribution is -2.65. The Labute approximate surface area is 156 Å². The Kier molecular flexibility index (Phi) is 4.03. The molecule has 0 heterocycles. The highest BCUT2D eigenvalue weighted by Crippen LogP contribution is 2.74. The van der Waals surface area contributed by atoms with Crippen molar-refractivity contribution in [3.8, 4) is 0 Å². The molecule has 4 fully saturated rings. The fraction of sp³-hybridized carbons (Fsp3) is 1.00. The van der Waals surface area contributed by atoms with E-state index in [1.807, 2.05) is 0 Å². The molecule has 4 aliphatic rings. The molecule has 1 unspecified atom stereocenters. The summed E-state index contributed by atoms with van der Waals surface area (Å²) < 4.78 is 0. The third-order valence-electron chi connectivity index (χ3n) is 11.0. The lowest BCUT2D eigenvalue weighted by atomic mass is 9.33. The van der Waals surface area contributed by atoms with Gasteiger partial charge in [0.05, 0.1) is 6.10 Å². The van der Waals surface area contributed by atoms with E-state index in [2.05, 4.69) is 41.5 Å². The summed E-state index contributed by atoms with van der Waals surface area (Å²) in [5.41, 5.74) is 1.58. The molecule has 4 aliphatic carbocycles. The maximum Gasteiger partial charge on any atom is 0.0594 e. The van der Waals surface area contributed by atoms with E-state index in [0.717, 1.165) is 24.2 Å². The van der Waals surface area contributed by atoms with Crippen molar-refractivity contribution in [3.05, 3.63) is 0 Å². The van der Waals surface area contributed by atoms with E-state index in [9.17, 15) is 5.11 Å². The molecule has 0 aliphatic heterocycles. The molecule has 144 valence electrons. The van der Waals surface area contributed by atoms with E-state index < -0.39 is 0 Å². The average molecular weight is 347 g/mol. The Hall–Kier alpha value is -0.0400. The Morgan fingerprint density at radius 2 is 1.44 bits per heavy atom. The van der Waals surface area contributed by atoms with E-state index in [1.54, 1.807) is 0 Å². The van der Waals surface area contributed by atoms with Gasteiger partial charge in [0.2, 0.25) is 0 Å². The smallest absolute Gasteiger partial charge is 0.0594 e. The van der Waals surface area contributed by atoms with E-state index in [1.165, 1.54) is 51.4 Å². The van der Waals surface area contributed by atoms with Gasteiger partial charge in [0.25, 0.3) is 0 Å². The molecule has 0 aromatic rings. The fourth-order valence-electron chi connectivity index (χ4n) is 9.34. The molecule has 0 saturated heterocycles. The molecule has 0 aromatic carbocycles. The lowest BCUT2D eigenvalue weighted by Gasteiger charge is -2.71. The van der Waals surface area contributed by atoms with Crippen LogP contribution in [0.3, 0.4) is 0 Å². The normalized spacial score (nSPS) is 58.0. The molecule has 4 saturated carbocycles. The standard InChI is InChI=1S/C24H42O/c1-16-8-7-13-23(5)17(16)9-10-19-22(4)14-12-20(25)21(2,3)18(22)11-15-24(19,23)6/h16-20,25H,7-15H2,1-6H3/t16?,17-,18+,19-,20+,22+,23-,24-/m1/s1. The van der Waals surface area contributed by atoms with Crippen molar-refractivity contribution in [2.24, 2.45) is 45.3 Å². The van der Waals surface area contributed by atoms with E-state index in [0.29, 0.717) is 22.2 Å². The minimum Gasteiger partial charge on any atom is -0.393 e. The quantitative estimate of drug-likeness (QED) is 0.535. The summed E-state index contributed by atoms with van der Waals surface area (Å²) in [6.45, 7) is 15.3. The first-order valence-corrected chi connectivity index (χ1v) is 11.3. The van der Waals surface area contributed by atoms with Crippen molar-refractivity contribution in [2.45, 2.75) is 105 Å². The molecule has 0 radical (unpaired) electrons. The number of hydrogen-bond acceptors (Lipinski definition) is 1. The average Bonchev–Trinajstić information content (AvgIpc) is 2.52. The van der Waals surface area contributed by atoms with Crippen LogP contribution in [0.15, 0.2) is 0 Å². The van der Waals surface area contributed by atoms with Crippen molar-refractivity contribution in [1.82, 2.24) is 0 Å². The van der Waals surface area contributed by atoms with Crippen LogP contribution in [0.25, 0.3) is 0 Å². The first-order valence-electron chi connectivity index (χ1n) is 11.3. The molecule has 0 bridgehead atoms. The minimum absolute atomic E-state index is 0.0892. The highest BCUT2D eigenvalue weighted by atomic mass is 16.3. The zero-order valence-electron chi connectivity index (χ0n) is 17.7. The highest BCUT2D eigenvalue weighted by molar-refractivity contribution is 5.16. The molecule has 1 N–H and O–H groups in total. The fourth-order valence-corrected chi connectivity index (χ4v) is 9.34. The predicted octanol–water partition coefficient (Wildman–Crippen LogP) is 6.44. The van der Waals surface area contributed by atoms with Crippen LogP contribution in [0.5, 0.6) is 0 Å². The van der Waals surface area contributed by atoms with Crippen LogP contribution < -0.4 is 0 Å². The van der Waals surface area contributed by atoms with Crippen molar-refractivity contribution < 1.29 is 5.11 Å². The van der Waals surface area contributed by atoms with E-state index >= 15 is 0 Å². The van der Waals surface area contributed by atoms with Gasteiger partial charge < -0.3 is 5.11 Å². The first-order chi connectivity index (χ1) is 11.6. The van der Waals surface area contributed by atoms with Crippen LogP contribution in [0, 0.1) is 45.3 Å². The van der Waals surface area contributed by atoms with E-state index in [4.69, 9.17) is 0 Å². The summed E-state index contributed by atoms with van der Waals surface area (Å²) in [6.07, 6.45) is 12.2. The Morgan fingerprint density at radius 1 is 0.720 bits per heavy atom. The third-order valence-corrected chi connectivity index (χ3v) is 11.0. The lowest BCUT2D eigenvalue weighted by molar-refractivity contribution is -0.235. The Balaban J connectivity index is 1.75. The SMILES string of the molecule is CC1CCC[C@]2(C)[C@@H]1CC[C@@H]1[C@@]3(C)CC[C@H](O)C(C)(C)[C@@H]3CC[C@]12C. The van der Waals surface area contributed by atoms with Gasteiger partial charge in [0.1, 0.15) is 0 Å². The topological polar surface area (TPSA) is 20.2 Å². The molecule has 8 atom stereocenters. The number of hydrogen-bond donors (Lipinski definition) is 1. The second kappa shape index (κ2) is 5.49.